The zero-order chi connectivity index (χ0) is 14.0. The maximum Gasteiger partial charge on any atom is 0.251 e. The number of rotatable bonds is 4. The van der Waals surface area contributed by atoms with Gasteiger partial charge in [-0.15, -0.1) is 0 Å². The second kappa shape index (κ2) is 5.17. The van der Waals surface area contributed by atoms with Crippen molar-refractivity contribution in [2.24, 2.45) is 0 Å². The Morgan fingerprint density at radius 2 is 2.16 bits per heavy atom. The molecule has 0 radical (unpaired) electrons. The number of amides is 1. The van der Waals surface area contributed by atoms with Crippen molar-refractivity contribution >= 4 is 11.7 Å². The van der Waals surface area contributed by atoms with E-state index in [1.807, 2.05) is 6.92 Å². The first kappa shape index (κ1) is 13.8. The smallest absolute Gasteiger partial charge is 0.251 e. The summed E-state index contributed by atoms with van der Waals surface area (Å²) in [6, 6.07) is 3.38. The van der Waals surface area contributed by atoms with Crippen LogP contribution in [0.3, 0.4) is 0 Å². The van der Waals surface area contributed by atoms with E-state index < -0.39 is 0 Å². The first-order valence-corrected chi connectivity index (χ1v) is 6.63. The largest absolute Gasteiger partial charge is 0.384 e. The molecule has 0 saturated heterocycles. The summed E-state index contributed by atoms with van der Waals surface area (Å²) in [6.45, 7) is 2.51. The molecule has 1 aliphatic rings. The third-order valence-electron chi connectivity index (χ3n) is 4.05. The molecule has 5 heteroatoms. The normalized spacial score (nSPS) is 17.1. The lowest BCUT2D eigenvalue weighted by atomic mass is 9.75. The minimum atomic E-state index is -0.0784. The number of hydrogen-bond donors (Lipinski definition) is 2. The van der Waals surface area contributed by atoms with E-state index in [4.69, 9.17) is 5.73 Å². The summed E-state index contributed by atoms with van der Waals surface area (Å²) in [6.07, 6.45) is 3.50. The van der Waals surface area contributed by atoms with Crippen LogP contribution in [0.5, 0.6) is 0 Å². The Morgan fingerprint density at radius 3 is 2.63 bits per heavy atom. The van der Waals surface area contributed by atoms with Gasteiger partial charge in [-0.1, -0.05) is 0 Å². The molecule has 19 heavy (non-hydrogen) atoms. The molecular weight excluding hydrogens is 240 g/mol. The third kappa shape index (κ3) is 2.87. The molecule has 1 aromatic rings. The fraction of sp³-hybridized carbons (Fsp3) is 0.571. The monoisotopic (exact) mass is 262 g/mol. The van der Waals surface area contributed by atoms with Crippen molar-refractivity contribution in [2.45, 2.75) is 31.7 Å². The zero-order valence-corrected chi connectivity index (χ0v) is 11.9. The summed E-state index contributed by atoms with van der Waals surface area (Å²) in [5, 5.41) is 3.01. The van der Waals surface area contributed by atoms with E-state index in [9.17, 15) is 4.79 Å². The molecule has 104 valence electrons. The molecule has 0 unspecified atom stereocenters. The summed E-state index contributed by atoms with van der Waals surface area (Å²) < 4.78 is 0. The van der Waals surface area contributed by atoms with E-state index in [1.165, 1.54) is 6.42 Å². The van der Waals surface area contributed by atoms with E-state index in [2.05, 4.69) is 29.3 Å². The van der Waals surface area contributed by atoms with Crippen molar-refractivity contribution in [1.29, 1.82) is 0 Å². The molecule has 0 spiro atoms. The fourth-order valence-electron chi connectivity index (χ4n) is 2.54. The third-order valence-corrected chi connectivity index (χ3v) is 4.05. The second-order valence-electron chi connectivity index (χ2n) is 5.58. The molecule has 0 bridgehead atoms. The average Bonchev–Trinajstić information content (AvgIpc) is 2.25. The number of pyridine rings is 1. The van der Waals surface area contributed by atoms with Gasteiger partial charge in [0.15, 0.2) is 0 Å². The van der Waals surface area contributed by atoms with Gasteiger partial charge in [-0.05, 0) is 52.4 Å². The number of carbonyl (C=O) groups excluding carboxylic acids is 1. The fourth-order valence-corrected chi connectivity index (χ4v) is 2.54. The number of nitrogen functional groups attached to an aromatic ring is 1. The van der Waals surface area contributed by atoms with Crippen molar-refractivity contribution in [3.8, 4) is 0 Å². The topological polar surface area (TPSA) is 71.2 Å². The van der Waals surface area contributed by atoms with Gasteiger partial charge in [0.2, 0.25) is 0 Å². The maximum atomic E-state index is 12.1. The van der Waals surface area contributed by atoms with Crippen molar-refractivity contribution in [3.63, 3.8) is 0 Å². The summed E-state index contributed by atoms with van der Waals surface area (Å²) >= 11 is 0. The Kier molecular flexibility index (Phi) is 3.75. The van der Waals surface area contributed by atoms with Crippen molar-refractivity contribution in [3.05, 3.63) is 23.4 Å². The van der Waals surface area contributed by atoms with Crippen LogP contribution in [0, 0.1) is 6.92 Å². The van der Waals surface area contributed by atoms with Gasteiger partial charge in [0.1, 0.15) is 5.82 Å². The van der Waals surface area contributed by atoms with Crippen LogP contribution >= 0.6 is 0 Å². The standard InChI is InChI=1S/C14H22N4O/c1-10-7-11(8-12(15)17-10)13(19)16-9-14(18(2)3)5-4-6-14/h7-8H,4-6,9H2,1-3H3,(H2,15,17)(H,16,19). The lowest BCUT2D eigenvalue weighted by Crippen LogP contribution is -2.57. The number of aryl methyl sites for hydroxylation is 1. The molecule has 2 rings (SSSR count). The van der Waals surface area contributed by atoms with Crippen molar-refractivity contribution < 1.29 is 4.79 Å². The molecule has 5 nitrogen and oxygen atoms in total. The SMILES string of the molecule is Cc1cc(C(=O)NCC2(N(C)C)CCC2)cc(N)n1. The lowest BCUT2D eigenvalue weighted by molar-refractivity contribution is 0.0557. The Morgan fingerprint density at radius 1 is 1.47 bits per heavy atom. The number of nitrogens with one attached hydrogen (secondary N) is 1. The summed E-state index contributed by atoms with van der Waals surface area (Å²) in [5.74, 6) is 0.307. The quantitative estimate of drug-likeness (QED) is 0.855. The number of carbonyl (C=O) groups is 1. The van der Waals surface area contributed by atoms with Crippen LogP contribution in [0.15, 0.2) is 12.1 Å². The molecule has 0 aliphatic heterocycles. The molecule has 0 atom stereocenters. The average molecular weight is 262 g/mol. The molecule has 1 aromatic heterocycles. The molecule has 1 fully saturated rings. The first-order chi connectivity index (χ1) is 8.93. The minimum absolute atomic E-state index is 0.0784. The van der Waals surface area contributed by atoms with Gasteiger partial charge in [-0.2, -0.15) is 0 Å². The number of nitrogens with two attached hydrogens (primary N) is 1. The van der Waals surface area contributed by atoms with E-state index in [-0.39, 0.29) is 11.4 Å². The molecular formula is C14H22N4O. The lowest BCUT2D eigenvalue weighted by Gasteiger charge is -2.47. The molecule has 1 amide bonds. The van der Waals surface area contributed by atoms with Gasteiger partial charge in [0.05, 0.1) is 0 Å². The predicted molar refractivity (Wildman–Crippen MR) is 76.0 cm³/mol. The van der Waals surface area contributed by atoms with E-state index in [1.54, 1.807) is 12.1 Å². The molecule has 0 aromatic carbocycles. The highest BCUT2D eigenvalue weighted by atomic mass is 16.1. The van der Waals surface area contributed by atoms with Gasteiger partial charge in [-0.25, -0.2) is 4.98 Å². The molecule has 1 aliphatic carbocycles. The number of aromatic nitrogens is 1. The zero-order valence-electron chi connectivity index (χ0n) is 11.9. The Bertz CT molecular complexity index is 460. The molecule has 3 N–H and O–H groups in total. The predicted octanol–water partition coefficient (Wildman–Crippen LogP) is 1.19. The van der Waals surface area contributed by atoms with Crippen LogP contribution in [0.1, 0.15) is 35.3 Å². The van der Waals surface area contributed by atoms with Gasteiger partial charge in [0.25, 0.3) is 5.91 Å². The van der Waals surface area contributed by atoms with Crippen LogP contribution in [-0.4, -0.2) is 42.0 Å². The van der Waals surface area contributed by atoms with Crippen LogP contribution < -0.4 is 11.1 Å². The van der Waals surface area contributed by atoms with Gasteiger partial charge >= 0.3 is 0 Å². The number of anilines is 1. The number of likely N-dealkylation sites (N-methyl/N-ethyl adjacent to an activating group) is 1. The van der Waals surface area contributed by atoms with Crippen LogP contribution in [-0.2, 0) is 0 Å². The highest BCUT2D eigenvalue weighted by molar-refractivity contribution is 5.94. The minimum Gasteiger partial charge on any atom is -0.384 e. The van der Waals surface area contributed by atoms with Crippen molar-refractivity contribution in [1.82, 2.24) is 15.2 Å². The first-order valence-electron chi connectivity index (χ1n) is 6.63. The number of hydrogen-bond acceptors (Lipinski definition) is 4. The van der Waals surface area contributed by atoms with Crippen LogP contribution in [0.25, 0.3) is 0 Å². The molecule has 1 saturated carbocycles. The molecule has 1 heterocycles. The maximum absolute atomic E-state index is 12.1. The Balaban J connectivity index is 2.01. The van der Waals surface area contributed by atoms with E-state index >= 15 is 0 Å². The van der Waals surface area contributed by atoms with E-state index in [0.717, 1.165) is 18.5 Å². The number of nitrogens with zero attached hydrogens (tertiary/aromatic N) is 2. The van der Waals surface area contributed by atoms with E-state index in [0.29, 0.717) is 17.9 Å². The van der Waals surface area contributed by atoms with Crippen molar-refractivity contribution in [2.75, 3.05) is 26.4 Å². The van der Waals surface area contributed by atoms with Gasteiger partial charge < -0.3 is 16.0 Å². The highest BCUT2D eigenvalue weighted by Crippen LogP contribution is 2.35. The highest BCUT2D eigenvalue weighted by Gasteiger charge is 2.39. The summed E-state index contributed by atoms with van der Waals surface area (Å²) in [4.78, 5) is 18.4. The van der Waals surface area contributed by atoms with Gasteiger partial charge in [0, 0.05) is 23.3 Å². The van der Waals surface area contributed by atoms with Crippen LogP contribution in [0.4, 0.5) is 5.82 Å². The van der Waals surface area contributed by atoms with Crippen LogP contribution in [0.2, 0.25) is 0 Å². The second-order valence-corrected chi connectivity index (χ2v) is 5.58. The van der Waals surface area contributed by atoms with Gasteiger partial charge in [-0.3, -0.25) is 4.79 Å². The summed E-state index contributed by atoms with van der Waals surface area (Å²) in [5.41, 5.74) is 7.14. The summed E-state index contributed by atoms with van der Waals surface area (Å²) in [7, 11) is 4.14. The Labute approximate surface area is 114 Å². The Hall–Kier alpha value is -1.62.